The molecule has 0 unspecified atom stereocenters. The summed E-state index contributed by atoms with van der Waals surface area (Å²) in [5, 5.41) is 36.9. The highest BCUT2D eigenvalue weighted by atomic mass is 16.6. The second-order valence-electron chi connectivity index (χ2n) is 10.9. The number of ether oxygens (including phenoxy) is 5. The molecule has 0 spiro atoms. The third-order valence-corrected chi connectivity index (χ3v) is 6.28. The lowest BCUT2D eigenvalue weighted by Gasteiger charge is -2.31. The van der Waals surface area contributed by atoms with E-state index in [4.69, 9.17) is 28.8 Å². The number of aliphatic hydroxyl groups is 4. The number of methoxy groups -OCH3 is 1. The van der Waals surface area contributed by atoms with E-state index in [0.717, 1.165) is 26.1 Å². The van der Waals surface area contributed by atoms with E-state index in [9.17, 15) is 20.1 Å². The van der Waals surface area contributed by atoms with Gasteiger partial charge in [0.05, 0.1) is 52.4 Å². The Morgan fingerprint density at radius 1 is 0.905 bits per heavy atom. The van der Waals surface area contributed by atoms with Crippen molar-refractivity contribution in [3.05, 3.63) is 29.3 Å². The zero-order valence-electron chi connectivity index (χ0n) is 26.0. The molecule has 4 N–H and O–H groups in total. The zero-order chi connectivity index (χ0) is 31.2. The molecular formula is C30H54N2O10. The molecule has 42 heavy (non-hydrogen) atoms. The number of carbonyl (C=O) groups excluding carboxylic acids is 1. The summed E-state index contributed by atoms with van der Waals surface area (Å²) in [5.74, 6) is 0.520. The molecule has 12 heteroatoms. The number of likely N-dealkylation sites (tertiary alicyclic amines) is 1. The average molecular weight is 603 g/mol. The van der Waals surface area contributed by atoms with Gasteiger partial charge in [-0.2, -0.15) is 0 Å². The van der Waals surface area contributed by atoms with Crippen molar-refractivity contribution in [2.45, 2.75) is 65.0 Å². The van der Waals surface area contributed by atoms with Crippen LogP contribution in [0.15, 0.2) is 18.2 Å². The van der Waals surface area contributed by atoms with Crippen molar-refractivity contribution in [2.24, 2.45) is 0 Å². The molecule has 1 fully saturated rings. The van der Waals surface area contributed by atoms with Gasteiger partial charge in [-0.3, -0.25) is 4.90 Å². The first-order valence-electron chi connectivity index (χ1n) is 14.7. The van der Waals surface area contributed by atoms with Gasteiger partial charge in [0.15, 0.2) is 0 Å². The smallest absolute Gasteiger partial charge is 0.410 e. The molecule has 1 aromatic carbocycles. The highest BCUT2D eigenvalue weighted by Crippen LogP contribution is 2.24. The van der Waals surface area contributed by atoms with Gasteiger partial charge in [0, 0.05) is 57.6 Å². The third-order valence-electron chi connectivity index (χ3n) is 6.28. The van der Waals surface area contributed by atoms with Gasteiger partial charge in [0.1, 0.15) is 18.0 Å². The molecule has 2 rings (SSSR count). The molecule has 0 saturated carbocycles. The van der Waals surface area contributed by atoms with E-state index in [0.29, 0.717) is 82.4 Å². The summed E-state index contributed by atoms with van der Waals surface area (Å²) < 4.78 is 27.1. The van der Waals surface area contributed by atoms with Crippen molar-refractivity contribution < 1.29 is 48.9 Å². The van der Waals surface area contributed by atoms with Gasteiger partial charge in [-0.05, 0) is 40.0 Å². The summed E-state index contributed by atoms with van der Waals surface area (Å²) in [4.78, 5) is 15.4. The summed E-state index contributed by atoms with van der Waals surface area (Å²) >= 11 is 0. The van der Waals surface area contributed by atoms with Gasteiger partial charge >= 0.3 is 6.09 Å². The number of hydrogen-bond acceptors (Lipinski definition) is 11. The van der Waals surface area contributed by atoms with Crippen molar-refractivity contribution in [2.75, 3.05) is 86.1 Å². The number of hydrogen-bond donors (Lipinski definition) is 4. The minimum absolute atomic E-state index is 0.141. The van der Waals surface area contributed by atoms with Gasteiger partial charge < -0.3 is 49.0 Å². The van der Waals surface area contributed by atoms with Crippen molar-refractivity contribution in [1.82, 2.24) is 9.80 Å². The predicted octanol–water partition coefficient (Wildman–Crippen LogP) is 1.79. The van der Waals surface area contributed by atoms with Crippen LogP contribution in [0.2, 0.25) is 0 Å². The first-order valence-corrected chi connectivity index (χ1v) is 14.7. The normalized spacial score (nSPS) is 14.1. The largest absolute Gasteiger partial charge is 0.490 e. The Balaban J connectivity index is 0.000000525. The van der Waals surface area contributed by atoms with Crippen LogP contribution in [0.4, 0.5) is 4.79 Å². The number of aliphatic hydroxyl groups excluding tert-OH is 4. The molecule has 0 atom stereocenters. The number of nitrogens with zero attached hydrogens (tertiary/aromatic N) is 2. The lowest BCUT2D eigenvalue weighted by atomic mass is 10.1. The summed E-state index contributed by atoms with van der Waals surface area (Å²) in [5.41, 5.74) is 0.857. The Labute approximate surface area is 251 Å². The number of amides is 1. The fourth-order valence-electron chi connectivity index (χ4n) is 4.02. The highest BCUT2D eigenvalue weighted by Gasteiger charge is 2.25. The van der Waals surface area contributed by atoms with Crippen LogP contribution in [0.3, 0.4) is 0 Å². The second kappa shape index (κ2) is 22.5. The molecule has 0 radical (unpaired) electrons. The molecule has 1 aliphatic heterocycles. The molecule has 1 aliphatic rings. The van der Waals surface area contributed by atoms with E-state index in [1.54, 1.807) is 30.2 Å². The minimum Gasteiger partial charge on any atom is -0.490 e. The molecule has 1 saturated heterocycles. The Kier molecular flexibility index (Phi) is 20.4. The third kappa shape index (κ3) is 17.2. The lowest BCUT2D eigenvalue weighted by molar-refractivity contribution is 0.0101. The monoisotopic (exact) mass is 602 g/mol. The summed E-state index contributed by atoms with van der Waals surface area (Å²) in [6.07, 6.45) is 1.51. The van der Waals surface area contributed by atoms with Crippen molar-refractivity contribution >= 4 is 6.09 Å². The van der Waals surface area contributed by atoms with Gasteiger partial charge in [-0.1, -0.05) is 18.2 Å². The predicted molar refractivity (Wildman–Crippen MR) is 158 cm³/mol. The van der Waals surface area contributed by atoms with Crippen LogP contribution >= 0.6 is 0 Å². The van der Waals surface area contributed by atoms with Crippen LogP contribution in [0.1, 0.15) is 51.2 Å². The Hall–Kier alpha value is -2.03. The number of para-hydroxylation sites is 1. The number of rotatable bonds is 18. The number of piperidine rings is 1. The van der Waals surface area contributed by atoms with E-state index in [2.05, 4.69) is 4.90 Å². The quantitative estimate of drug-likeness (QED) is 0.182. The first kappa shape index (κ1) is 38.0. The maximum Gasteiger partial charge on any atom is 0.410 e. The van der Waals surface area contributed by atoms with Crippen molar-refractivity contribution in [3.8, 4) is 5.75 Å². The molecular weight excluding hydrogens is 548 g/mol. The standard InChI is InChI=1S/C20H35NO7.C10H19NO3/c1-25-10-7-21(6-3-9-22)8-11-26-12-13-27-14-15-28-20-18(16-23)4-2-5-19(20)17-24;1-10(2,3)14-9(13)11-6-4-8(12)5-7-11/h2,4-5,22-24H,3,6-17H2,1H3;8,12H,4-7H2,1-3H3. The summed E-state index contributed by atoms with van der Waals surface area (Å²) in [7, 11) is 1.68. The molecule has 1 heterocycles. The van der Waals surface area contributed by atoms with Crippen LogP contribution in [-0.4, -0.2) is 134 Å². The Bertz CT molecular complexity index is 799. The topological polar surface area (TPSA) is 151 Å². The van der Waals surface area contributed by atoms with Gasteiger partial charge in [0.2, 0.25) is 0 Å². The van der Waals surface area contributed by atoms with Crippen LogP contribution in [0.5, 0.6) is 5.75 Å². The van der Waals surface area contributed by atoms with E-state index in [1.807, 2.05) is 20.8 Å². The molecule has 1 aromatic rings. The lowest BCUT2D eigenvalue weighted by Crippen LogP contribution is -2.42. The van der Waals surface area contributed by atoms with E-state index in [1.165, 1.54) is 0 Å². The number of carbonyl (C=O) groups is 1. The van der Waals surface area contributed by atoms with Crippen LogP contribution in [0.25, 0.3) is 0 Å². The van der Waals surface area contributed by atoms with E-state index in [-0.39, 0.29) is 32.0 Å². The number of benzene rings is 1. The maximum absolute atomic E-state index is 11.5. The highest BCUT2D eigenvalue weighted by molar-refractivity contribution is 5.68. The summed E-state index contributed by atoms with van der Waals surface area (Å²) in [6, 6.07) is 5.30. The van der Waals surface area contributed by atoms with Gasteiger partial charge in [-0.25, -0.2) is 4.79 Å². The molecule has 0 bridgehead atoms. The fraction of sp³-hybridized carbons (Fsp3) is 0.767. The van der Waals surface area contributed by atoms with Gasteiger partial charge in [-0.15, -0.1) is 0 Å². The fourth-order valence-corrected chi connectivity index (χ4v) is 4.02. The first-order chi connectivity index (χ1) is 20.1. The summed E-state index contributed by atoms with van der Waals surface area (Å²) in [6.45, 7) is 12.0. The molecule has 244 valence electrons. The molecule has 1 amide bonds. The van der Waals surface area contributed by atoms with Gasteiger partial charge in [0.25, 0.3) is 0 Å². The van der Waals surface area contributed by atoms with E-state index < -0.39 is 5.60 Å². The SMILES string of the molecule is CC(C)(C)OC(=O)N1CCC(O)CC1.COCCN(CCCO)CCOCCOCCOc1c(CO)cccc1CO. The van der Waals surface area contributed by atoms with E-state index >= 15 is 0 Å². The molecule has 0 aliphatic carbocycles. The van der Waals surface area contributed by atoms with Crippen LogP contribution in [-0.2, 0) is 32.2 Å². The molecule has 12 nitrogen and oxygen atoms in total. The Morgan fingerprint density at radius 3 is 2.02 bits per heavy atom. The Morgan fingerprint density at radius 2 is 1.48 bits per heavy atom. The minimum atomic E-state index is -0.437. The second-order valence-corrected chi connectivity index (χ2v) is 10.9. The average Bonchev–Trinajstić information content (AvgIpc) is 2.96. The molecule has 0 aromatic heterocycles. The van der Waals surface area contributed by atoms with Crippen molar-refractivity contribution in [3.63, 3.8) is 0 Å². The zero-order valence-corrected chi connectivity index (χ0v) is 26.0. The van der Waals surface area contributed by atoms with Crippen molar-refractivity contribution in [1.29, 1.82) is 0 Å². The van der Waals surface area contributed by atoms with Crippen LogP contribution in [0, 0.1) is 0 Å². The maximum atomic E-state index is 11.5. The van der Waals surface area contributed by atoms with Crippen LogP contribution < -0.4 is 4.74 Å².